The SMILES string of the molecule is FC(F)c1[c]cnn1C(F)F. The van der Waals surface area contributed by atoms with E-state index in [-0.39, 0.29) is 4.68 Å². The number of hydrogen-bond donors (Lipinski definition) is 0. The minimum absolute atomic E-state index is 0.0648. The largest absolute Gasteiger partial charge is 0.333 e. The summed E-state index contributed by atoms with van der Waals surface area (Å²) in [5.74, 6) is 0. The summed E-state index contributed by atoms with van der Waals surface area (Å²) in [6, 6.07) is 1.91. The third-order valence-electron chi connectivity index (χ3n) is 1.03. The first kappa shape index (κ1) is 8.03. The molecule has 0 spiro atoms. The van der Waals surface area contributed by atoms with Gasteiger partial charge >= 0.3 is 6.55 Å². The molecule has 0 amide bonds. The third kappa shape index (κ3) is 1.50. The van der Waals surface area contributed by atoms with Crippen LogP contribution in [-0.2, 0) is 0 Å². The summed E-state index contributed by atoms with van der Waals surface area (Å²) in [7, 11) is 0. The van der Waals surface area contributed by atoms with E-state index in [0.717, 1.165) is 6.20 Å². The van der Waals surface area contributed by atoms with E-state index >= 15 is 0 Å². The molecule has 11 heavy (non-hydrogen) atoms. The molecule has 0 bridgehead atoms. The van der Waals surface area contributed by atoms with Crippen molar-refractivity contribution in [1.29, 1.82) is 0 Å². The monoisotopic (exact) mass is 167 g/mol. The van der Waals surface area contributed by atoms with E-state index in [1.165, 1.54) is 0 Å². The Hall–Kier alpha value is -1.07. The summed E-state index contributed by atoms with van der Waals surface area (Å²) in [5.41, 5.74) is -0.889. The zero-order valence-electron chi connectivity index (χ0n) is 5.14. The van der Waals surface area contributed by atoms with Crippen LogP contribution >= 0.6 is 0 Å². The highest BCUT2D eigenvalue weighted by atomic mass is 19.3. The second-order valence-electron chi connectivity index (χ2n) is 1.70. The van der Waals surface area contributed by atoms with E-state index in [4.69, 9.17) is 0 Å². The maximum atomic E-state index is 11.8. The predicted octanol–water partition coefficient (Wildman–Crippen LogP) is 2.02. The van der Waals surface area contributed by atoms with Crippen molar-refractivity contribution in [2.75, 3.05) is 0 Å². The minimum atomic E-state index is -3.04. The summed E-state index contributed by atoms with van der Waals surface area (Å²) in [6.07, 6.45) is -2.18. The highest BCUT2D eigenvalue weighted by Crippen LogP contribution is 2.21. The van der Waals surface area contributed by atoms with E-state index in [2.05, 4.69) is 5.10 Å². The lowest BCUT2D eigenvalue weighted by Gasteiger charge is -2.02. The average molecular weight is 167 g/mol. The van der Waals surface area contributed by atoms with Gasteiger partial charge in [0.1, 0.15) is 5.69 Å². The molecule has 61 valence electrons. The second-order valence-corrected chi connectivity index (χ2v) is 1.70. The minimum Gasteiger partial charge on any atom is -0.203 e. The fourth-order valence-corrected chi connectivity index (χ4v) is 0.604. The number of halogens is 4. The van der Waals surface area contributed by atoms with E-state index in [9.17, 15) is 17.6 Å². The van der Waals surface area contributed by atoms with Crippen LogP contribution in [0.4, 0.5) is 17.6 Å². The summed E-state index contributed by atoms with van der Waals surface area (Å²) in [6.45, 7) is -3.04. The first-order valence-corrected chi connectivity index (χ1v) is 2.64. The summed E-state index contributed by atoms with van der Waals surface area (Å²) >= 11 is 0. The van der Waals surface area contributed by atoms with Gasteiger partial charge in [0.2, 0.25) is 0 Å². The molecule has 0 saturated heterocycles. The van der Waals surface area contributed by atoms with Gasteiger partial charge in [-0.25, -0.2) is 13.5 Å². The lowest BCUT2D eigenvalue weighted by Crippen LogP contribution is -2.05. The molecule has 0 aliphatic heterocycles. The van der Waals surface area contributed by atoms with E-state index in [1.807, 2.05) is 6.07 Å². The lowest BCUT2D eigenvalue weighted by atomic mass is 10.4. The Kier molecular flexibility index (Phi) is 2.11. The first-order valence-electron chi connectivity index (χ1n) is 2.64. The van der Waals surface area contributed by atoms with Crippen molar-refractivity contribution in [1.82, 2.24) is 9.78 Å². The quantitative estimate of drug-likeness (QED) is 0.616. The molecule has 6 heteroatoms. The van der Waals surface area contributed by atoms with Gasteiger partial charge < -0.3 is 0 Å². The maximum absolute atomic E-state index is 11.8. The van der Waals surface area contributed by atoms with Crippen molar-refractivity contribution in [2.45, 2.75) is 13.0 Å². The van der Waals surface area contributed by atoms with Gasteiger partial charge in [-0.05, 0) is 0 Å². The van der Waals surface area contributed by atoms with Gasteiger partial charge in [-0.3, -0.25) is 0 Å². The van der Waals surface area contributed by atoms with Crippen molar-refractivity contribution in [2.24, 2.45) is 0 Å². The molecule has 0 unspecified atom stereocenters. The van der Waals surface area contributed by atoms with Gasteiger partial charge in [-0.1, -0.05) is 0 Å². The molecule has 1 radical (unpaired) electrons. The van der Waals surface area contributed by atoms with Crippen molar-refractivity contribution in [3.8, 4) is 0 Å². The molecule has 0 N–H and O–H groups in total. The van der Waals surface area contributed by atoms with Crippen molar-refractivity contribution >= 4 is 0 Å². The Morgan fingerprint density at radius 2 is 2.00 bits per heavy atom. The molecule has 0 aliphatic carbocycles. The summed E-state index contributed by atoms with van der Waals surface area (Å²) in [5, 5.41) is 2.97. The van der Waals surface area contributed by atoms with Crippen molar-refractivity contribution in [3.05, 3.63) is 18.0 Å². The Balaban J connectivity index is 2.96. The van der Waals surface area contributed by atoms with Gasteiger partial charge in [0.15, 0.2) is 0 Å². The van der Waals surface area contributed by atoms with E-state index in [0.29, 0.717) is 0 Å². The molecular formula is C5H3F4N2. The fourth-order valence-electron chi connectivity index (χ4n) is 0.604. The summed E-state index contributed by atoms with van der Waals surface area (Å²) in [4.78, 5) is 0. The molecule has 1 rings (SSSR count). The lowest BCUT2D eigenvalue weighted by molar-refractivity contribution is 0.0370. The zero-order valence-corrected chi connectivity index (χ0v) is 5.14. The Morgan fingerprint density at radius 1 is 1.36 bits per heavy atom. The molecule has 1 aromatic rings. The Morgan fingerprint density at radius 3 is 2.36 bits per heavy atom. The van der Waals surface area contributed by atoms with Crippen molar-refractivity contribution < 1.29 is 17.6 Å². The molecule has 2 nitrogen and oxygen atoms in total. The van der Waals surface area contributed by atoms with E-state index in [1.54, 1.807) is 0 Å². The van der Waals surface area contributed by atoms with Gasteiger partial charge in [0, 0.05) is 6.07 Å². The molecule has 0 aromatic carbocycles. The number of alkyl halides is 4. The van der Waals surface area contributed by atoms with Crippen LogP contribution in [0.5, 0.6) is 0 Å². The van der Waals surface area contributed by atoms with Gasteiger partial charge in [0.05, 0.1) is 6.20 Å². The third-order valence-corrected chi connectivity index (χ3v) is 1.03. The van der Waals surface area contributed by atoms with Crippen LogP contribution in [0.1, 0.15) is 18.7 Å². The summed E-state index contributed by atoms with van der Waals surface area (Å²) < 4.78 is 47.1. The average Bonchev–Trinajstić information content (AvgIpc) is 2.32. The van der Waals surface area contributed by atoms with Crippen LogP contribution in [0.2, 0.25) is 0 Å². The smallest absolute Gasteiger partial charge is 0.203 e. The maximum Gasteiger partial charge on any atom is 0.333 e. The van der Waals surface area contributed by atoms with Crippen LogP contribution in [0.25, 0.3) is 0 Å². The van der Waals surface area contributed by atoms with Crippen LogP contribution in [-0.4, -0.2) is 9.78 Å². The zero-order chi connectivity index (χ0) is 8.43. The number of rotatable bonds is 2. The van der Waals surface area contributed by atoms with Crippen molar-refractivity contribution in [3.63, 3.8) is 0 Å². The number of nitrogens with zero attached hydrogens (tertiary/aromatic N) is 2. The highest BCUT2D eigenvalue weighted by molar-refractivity contribution is 4.99. The molecule has 0 aliphatic rings. The van der Waals surface area contributed by atoms with Crippen LogP contribution in [0.15, 0.2) is 6.20 Å². The van der Waals surface area contributed by atoms with Crippen LogP contribution in [0, 0.1) is 6.07 Å². The van der Waals surface area contributed by atoms with Gasteiger partial charge in [-0.15, -0.1) is 0 Å². The topological polar surface area (TPSA) is 17.8 Å². The van der Waals surface area contributed by atoms with Gasteiger partial charge in [-0.2, -0.15) is 13.9 Å². The number of aromatic nitrogens is 2. The molecule has 1 heterocycles. The predicted molar refractivity (Wildman–Crippen MR) is 27.3 cm³/mol. The fraction of sp³-hybridized carbons (Fsp3) is 0.400. The second kappa shape index (κ2) is 2.89. The molecule has 0 saturated carbocycles. The molecule has 0 fully saturated rings. The highest BCUT2D eigenvalue weighted by Gasteiger charge is 2.18. The molecule has 1 aromatic heterocycles. The molecular weight excluding hydrogens is 164 g/mol. The normalized spacial score (nSPS) is 11.5. The first-order chi connectivity index (χ1) is 5.13. The Bertz CT molecular complexity index is 210. The van der Waals surface area contributed by atoms with Crippen LogP contribution in [0.3, 0.4) is 0 Å². The van der Waals surface area contributed by atoms with E-state index < -0.39 is 18.7 Å². The standard InChI is InChI=1S/C5H3F4N2/c6-4(7)3-1-2-10-11(3)5(8)9/h2,4-5H. The van der Waals surface area contributed by atoms with Crippen LogP contribution < -0.4 is 0 Å². The molecule has 0 atom stereocenters. The number of hydrogen-bond acceptors (Lipinski definition) is 1. The Labute approximate surface area is 59.4 Å². The van der Waals surface area contributed by atoms with Gasteiger partial charge in [0.25, 0.3) is 6.43 Å².